The van der Waals surface area contributed by atoms with Crippen molar-refractivity contribution in [3.63, 3.8) is 0 Å². The van der Waals surface area contributed by atoms with Crippen molar-refractivity contribution >= 4 is 12.2 Å². The van der Waals surface area contributed by atoms with Gasteiger partial charge >= 0.3 is 12.2 Å². The number of ether oxygens (including phenoxy) is 13. The third-order valence-corrected chi connectivity index (χ3v) is 5.69. The van der Waals surface area contributed by atoms with Crippen LogP contribution in [0.3, 0.4) is 0 Å². The highest BCUT2D eigenvalue weighted by molar-refractivity contribution is 5.86. The molecule has 54 heavy (non-hydrogen) atoms. The van der Waals surface area contributed by atoms with E-state index in [4.69, 9.17) is 71.9 Å². The average molecular weight is 787 g/mol. The zero-order valence-electron chi connectivity index (χ0n) is 33.3. The molecule has 0 aliphatic rings. The average Bonchev–Trinajstić information content (AvgIpc) is 3.09. The number of hydrogen-bond donors (Lipinski definition) is 0. The van der Waals surface area contributed by atoms with Crippen molar-refractivity contribution in [2.75, 3.05) is 159 Å². The Balaban J connectivity index is 3.39. The third-order valence-electron chi connectivity index (χ3n) is 5.69. The van der Waals surface area contributed by atoms with Crippen molar-refractivity contribution in [3.8, 4) is 0 Å². The molecule has 0 aliphatic carbocycles. The summed E-state index contributed by atoms with van der Waals surface area (Å²) in [6, 6.07) is 0. The smallest absolute Gasteiger partial charge is 0.442 e. The monoisotopic (exact) mass is 786 g/mol. The van der Waals surface area contributed by atoms with Gasteiger partial charge in [-0.3, -0.25) is 4.84 Å². The van der Waals surface area contributed by atoms with Crippen molar-refractivity contribution in [1.82, 2.24) is 5.06 Å². The van der Waals surface area contributed by atoms with Gasteiger partial charge < -0.3 is 61.6 Å². The molecule has 0 bridgehead atoms. The molecular formula is C34H66N4O16. The summed E-state index contributed by atoms with van der Waals surface area (Å²) in [6.07, 6.45) is -1.95. The van der Waals surface area contributed by atoms with E-state index in [1.54, 1.807) is 41.5 Å². The first-order chi connectivity index (χ1) is 26.0. The second-order valence-corrected chi connectivity index (χ2v) is 12.8. The second kappa shape index (κ2) is 36.2. The number of carbonyl (C=O) groups is 2. The van der Waals surface area contributed by atoms with E-state index in [2.05, 4.69) is 10.0 Å². The molecular weight excluding hydrogens is 720 g/mol. The molecule has 0 saturated heterocycles. The topological polar surface area (TPSA) is 215 Å². The number of hydroxylamine groups is 2. The summed E-state index contributed by atoms with van der Waals surface area (Å²) in [5, 5.41) is 3.83. The zero-order valence-corrected chi connectivity index (χ0v) is 33.3. The van der Waals surface area contributed by atoms with Crippen molar-refractivity contribution in [1.29, 1.82) is 0 Å². The highest BCUT2D eigenvalue weighted by Crippen LogP contribution is 2.15. The fraction of sp³-hybridized carbons (Fsp3) is 0.941. The van der Waals surface area contributed by atoms with Crippen LogP contribution >= 0.6 is 0 Å². The van der Waals surface area contributed by atoms with Gasteiger partial charge in [-0.05, 0) is 47.1 Å². The lowest BCUT2D eigenvalue weighted by atomic mass is 10.2. The Labute approximate surface area is 320 Å². The van der Waals surface area contributed by atoms with Crippen LogP contribution in [-0.4, -0.2) is 187 Å². The molecule has 0 heterocycles. The standard InChI is InChI=1S/C34H66N4O16/c1-33(2,3)53-31(39)38(32(40)54-34(4,5)6)52-30-29-51-28-27-50-26-25-49-24-23-48-22-21-47-20-19-46-18-17-45-16-15-44-14-13-43-12-11-42-10-9-41-8-7-36-37-35/h7-30H2,1-6H3. The normalized spacial score (nSPS) is 11.7. The van der Waals surface area contributed by atoms with Crippen LogP contribution < -0.4 is 0 Å². The number of imide groups is 1. The number of azide groups is 1. The van der Waals surface area contributed by atoms with Gasteiger partial charge in [0, 0.05) is 11.5 Å². The third kappa shape index (κ3) is 39.3. The van der Waals surface area contributed by atoms with Gasteiger partial charge in [-0.1, -0.05) is 10.2 Å². The first-order valence-electron chi connectivity index (χ1n) is 18.2. The molecule has 0 saturated carbocycles. The molecule has 0 aromatic rings. The molecule has 0 N–H and O–H groups in total. The van der Waals surface area contributed by atoms with Crippen LogP contribution in [-0.2, 0) is 66.4 Å². The summed E-state index contributed by atoms with van der Waals surface area (Å²) in [5.74, 6) is 0. The van der Waals surface area contributed by atoms with Gasteiger partial charge in [0.15, 0.2) is 0 Å². The van der Waals surface area contributed by atoms with Crippen LogP contribution in [0.1, 0.15) is 41.5 Å². The molecule has 0 spiro atoms. The lowest BCUT2D eigenvalue weighted by Gasteiger charge is -2.27. The summed E-state index contributed by atoms with van der Waals surface area (Å²) in [7, 11) is 0. The maximum atomic E-state index is 12.4. The molecule has 0 fully saturated rings. The number of carbonyl (C=O) groups excluding carboxylic acids is 2. The second-order valence-electron chi connectivity index (χ2n) is 12.8. The van der Waals surface area contributed by atoms with Gasteiger partial charge in [0.1, 0.15) is 11.2 Å². The summed E-state index contributed by atoms with van der Waals surface area (Å²) in [6.45, 7) is 19.6. The summed E-state index contributed by atoms with van der Waals surface area (Å²) >= 11 is 0. The highest BCUT2D eigenvalue weighted by Gasteiger charge is 2.32. The van der Waals surface area contributed by atoms with E-state index < -0.39 is 23.4 Å². The molecule has 0 aliphatic heterocycles. The van der Waals surface area contributed by atoms with Gasteiger partial charge in [0.05, 0.1) is 152 Å². The van der Waals surface area contributed by atoms with Crippen molar-refractivity contribution in [2.45, 2.75) is 52.7 Å². The van der Waals surface area contributed by atoms with Crippen molar-refractivity contribution in [3.05, 3.63) is 10.4 Å². The summed E-state index contributed by atoms with van der Waals surface area (Å²) in [5.41, 5.74) is 6.51. The molecule has 0 atom stereocenters. The lowest BCUT2D eigenvalue weighted by molar-refractivity contribution is -0.148. The van der Waals surface area contributed by atoms with Crippen LogP contribution in [0.15, 0.2) is 5.11 Å². The highest BCUT2D eigenvalue weighted by atomic mass is 16.8. The predicted molar refractivity (Wildman–Crippen MR) is 193 cm³/mol. The van der Waals surface area contributed by atoms with Gasteiger partial charge in [-0.2, -0.15) is 0 Å². The summed E-state index contributed by atoms with van der Waals surface area (Å²) in [4.78, 5) is 32.7. The van der Waals surface area contributed by atoms with Gasteiger partial charge in [-0.25, -0.2) is 9.59 Å². The quantitative estimate of drug-likeness (QED) is 0.0289. The van der Waals surface area contributed by atoms with E-state index in [1.165, 1.54) is 0 Å². The van der Waals surface area contributed by atoms with E-state index in [0.717, 1.165) is 0 Å². The van der Waals surface area contributed by atoms with Gasteiger partial charge in [0.25, 0.3) is 0 Å². The molecule has 0 aromatic heterocycles. The maximum absolute atomic E-state index is 12.4. The maximum Gasteiger partial charge on any atom is 0.444 e. The van der Waals surface area contributed by atoms with Crippen LogP contribution in [0.2, 0.25) is 0 Å². The van der Waals surface area contributed by atoms with Gasteiger partial charge in [0.2, 0.25) is 0 Å². The molecule has 0 unspecified atom stereocenters. The minimum Gasteiger partial charge on any atom is -0.442 e. The van der Waals surface area contributed by atoms with Crippen LogP contribution in [0.5, 0.6) is 0 Å². The number of amides is 2. The fourth-order valence-electron chi connectivity index (χ4n) is 3.43. The Hall–Kier alpha value is -2.43. The van der Waals surface area contributed by atoms with Crippen LogP contribution in [0.25, 0.3) is 10.4 Å². The molecule has 2 amide bonds. The van der Waals surface area contributed by atoms with E-state index in [-0.39, 0.29) is 13.2 Å². The Bertz CT molecular complexity index is 904. The fourth-order valence-corrected chi connectivity index (χ4v) is 3.43. The van der Waals surface area contributed by atoms with E-state index in [1.807, 2.05) is 0 Å². The molecule has 0 aromatic carbocycles. The molecule has 0 rings (SSSR count). The minimum atomic E-state index is -0.974. The Kier molecular flexibility index (Phi) is 34.6. The largest absolute Gasteiger partial charge is 0.444 e. The Morgan fingerprint density at radius 3 is 0.870 bits per heavy atom. The van der Waals surface area contributed by atoms with Crippen molar-refractivity contribution < 1.29 is 76.0 Å². The SMILES string of the molecule is CC(C)(C)OC(=O)N(OCCOCCOCCOCCOCCOCCOCCOCCOCCOCCOCCOCCN=[N+]=[N-])C(=O)OC(C)(C)C. The lowest BCUT2D eigenvalue weighted by Crippen LogP contribution is -2.44. The first kappa shape index (κ1) is 51.6. The number of rotatable bonds is 37. The summed E-state index contributed by atoms with van der Waals surface area (Å²) < 4.78 is 70.1. The molecule has 0 radical (unpaired) electrons. The molecule has 20 heteroatoms. The van der Waals surface area contributed by atoms with E-state index in [9.17, 15) is 9.59 Å². The van der Waals surface area contributed by atoms with E-state index in [0.29, 0.717) is 150 Å². The van der Waals surface area contributed by atoms with Crippen molar-refractivity contribution in [2.24, 2.45) is 5.11 Å². The number of hydrogen-bond acceptors (Lipinski definition) is 17. The molecule has 20 nitrogen and oxygen atoms in total. The predicted octanol–water partition coefficient (Wildman–Crippen LogP) is 3.58. The Morgan fingerprint density at radius 2 is 0.648 bits per heavy atom. The van der Waals surface area contributed by atoms with E-state index >= 15 is 0 Å². The number of nitrogens with zero attached hydrogens (tertiary/aromatic N) is 4. The first-order valence-corrected chi connectivity index (χ1v) is 18.2. The van der Waals surface area contributed by atoms with Gasteiger partial charge in [-0.15, -0.1) is 0 Å². The molecule has 318 valence electrons. The Morgan fingerprint density at radius 1 is 0.426 bits per heavy atom. The van der Waals surface area contributed by atoms with Crippen LogP contribution in [0, 0.1) is 0 Å². The minimum absolute atomic E-state index is 0.0753. The van der Waals surface area contributed by atoms with Crippen LogP contribution in [0.4, 0.5) is 9.59 Å². The zero-order chi connectivity index (χ0) is 40.0.